The van der Waals surface area contributed by atoms with E-state index in [0.29, 0.717) is 5.76 Å². The van der Waals surface area contributed by atoms with Gasteiger partial charge in [0, 0.05) is 0 Å². The molecule has 0 unspecified atom stereocenters. The molecule has 0 fully saturated rings. The van der Waals surface area contributed by atoms with Crippen molar-refractivity contribution in [1.82, 2.24) is 0 Å². The quantitative estimate of drug-likeness (QED) is 0.747. The van der Waals surface area contributed by atoms with Crippen LogP contribution in [0.5, 0.6) is 0 Å². The molecule has 12 heavy (non-hydrogen) atoms. The van der Waals surface area contributed by atoms with E-state index in [1.54, 1.807) is 6.92 Å². The van der Waals surface area contributed by atoms with Gasteiger partial charge in [-0.3, -0.25) is 0 Å². The van der Waals surface area contributed by atoms with Gasteiger partial charge in [-0.05, 0) is 19.9 Å². The molecule has 0 saturated heterocycles. The lowest BCUT2D eigenvalue weighted by Gasteiger charge is -2.10. The van der Waals surface area contributed by atoms with Crippen molar-refractivity contribution in [1.29, 1.82) is 0 Å². The van der Waals surface area contributed by atoms with Crippen molar-refractivity contribution in [3.8, 4) is 0 Å². The highest BCUT2D eigenvalue weighted by Gasteiger charge is 2.34. The van der Waals surface area contributed by atoms with Gasteiger partial charge in [-0.25, -0.2) is 0 Å². The van der Waals surface area contributed by atoms with Crippen molar-refractivity contribution >= 4 is 0 Å². The van der Waals surface area contributed by atoms with Crippen LogP contribution in [-0.4, -0.2) is 11.7 Å². The molecule has 0 atom stereocenters. The first-order valence-corrected chi connectivity index (χ1v) is 3.53. The third-order valence-corrected chi connectivity index (χ3v) is 1.63. The average molecular weight is 176 g/mol. The largest absolute Gasteiger partial charge is 0.466 e. The molecule has 0 aliphatic carbocycles. The fourth-order valence-electron chi connectivity index (χ4n) is 1.08. The van der Waals surface area contributed by atoms with Crippen LogP contribution in [0, 0.1) is 13.8 Å². The Labute approximate surface area is 68.8 Å². The molecule has 2 nitrogen and oxygen atoms in total. The molecule has 0 saturated carbocycles. The minimum atomic E-state index is -3.19. The lowest BCUT2D eigenvalue weighted by Crippen LogP contribution is -2.18. The molecule has 1 aromatic heterocycles. The van der Waals surface area contributed by atoms with Crippen LogP contribution in [0.4, 0.5) is 8.78 Å². The maximum atomic E-state index is 12.8. The number of alkyl halides is 2. The Hall–Kier alpha value is -0.900. The van der Waals surface area contributed by atoms with Crippen molar-refractivity contribution in [2.24, 2.45) is 0 Å². The maximum Gasteiger partial charge on any atom is 0.299 e. The number of rotatable bonds is 2. The van der Waals surface area contributed by atoms with Crippen molar-refractivity contribution in [3.05, 3.63) is 23.2 Å². The number of aliphatic hydroxyl groups excluding tert-OH is 1. The summed E-state index contributed by atoms with van der Waals surface area (Å²) < 4.78 is 30.6. The maximum absolute atomic E-state index is 12.8. The van der Waals surface area contributed by atoms with E-state index in [1.807, 2.05) is 0 Å². The number of hydrogen-bond donors (Lipinski definition) is 1. The van der Waals surface area contributed by atoms with Gasteiger partial charge in [-0.15, -0.1) is 0 Å². The van der Waals surface area contributed by atoms with E-state index < -0.39 is 12.5 Å². The summed E-state index contributed by atoms with van der Waals surface area (Å²) in [5, 5.41) is 8.39. The highest BCUT2D eigenvalue weighted by atomic mass is 19.3. The number of hydrogen-bond acceptors (Lipinski definition) is 2. The van der Waals surface area contributed by atoms with Gasteiger partial charge in [0.25, 0.3) is 5.92 Å². The van der Waals surface area contributed by atoms with E-state index >= 15 is 0 Å². The highest BCUT2D eigenvalue weighted by Crippen LogP contribution is 2.31. The van der Waals surface area contributed by atoms with Gasteiger partial charge in [0.2, 0.25) is 0 Å². The van der Waals surface area contributed by atoms with Gasteiger partial charge in [-0.1, -0.05) is 0 Å². The zero-order chi connectivity index (χ0) is 9.35. The summed E-state index contributed by atoms with van der Waals surface area (Å²) in [6.07, 6.45) is 0. The average Bonchev–Trinajstić information content (AvgIpc) is 2.31. The van der Waals surface area contributed by atoms with Gasteiger partial charge in [0.05, 0.1) is 5.56 Å². The molecule has 0 spiro atoms. The third kappa shape index (κ3) is 1.48. The van der Waals surface area contributed by atoms with E-state index in [9.17, 15) is 8.78 Å². The van der Waals surface area contributed by atoms with Crippen LogP contribution in [-0.2, 0) is 5.92 Å². The van der Waals surface area contributed by atoms with Crippen LogP contribution in [0.3, 0.4) is 0 Å². The van der Waals surface area contributed by atoms with Gasteiger partial charge in [-0.2, -0.15) is 8.78 Å². The predicted molar refractivity (Wildman–Crippen MR) is 39.2 cm³/mol. The molecule has 1 rings (SSSR count). The molecule has 4 heteroatoms. The number of furan rings is 1. The molecule has 0 aliphatic heterocycles. The number of aliphatic hydroxyl groups is 1. The molecule has 1 N–H and O–H groups in total. The normalized spacial score (nSPS) is 12.1. The summed E-state index contributed by atoms with van der Waals surface area (Å²) in [6, 6.07) is 1.24. The molecule has 0 aromatic carbocycles. The monoisotopic (exact) mass is 176 g/mol. The molecule has 1 heterocycles. The van der Waals surface area contributed by atoms with Crippen LogP contribution in [0.15, 0.2) is 10.5 Å². The zero-order valence-electron chi connectivity index (χ0n) is 6.90. The second kappa shape index (κ2) is 2.86. The molecule has 0 aliphatic rings. The standard InChI is InChI=1S/C8H10F2O2/c1-5-3-7(6(2)12-5)8(9,10)4-11/h3,11H,4H2,1-2H3. The van der Waals surface area contributed by atoms with Crippen LogP contribution < -0.4 is 0 Å². The first kappa shape index (κ1) is 9.19. The smallest absolute Gasteiger partial charge is 0.299 e. The van der Waals surface area contributed by atoms with Crippen molar-refractivity contribution < 1.29 is 18.3 Å². The number of halogens is 2. The minimum Gasteiger partial charge on any atom is -0.466 e. The Morgan fingerprint density at radius 3 is 2.42 bits per heavy atom. The summed E-state index contributed by atoms with van der Waals surface area (Å²) in [7, 11) is 0. The van der Waals surface area contributed by atoms with Gasteiger partial charge in [0.1, 0.15) is 18.1 Å². The van der Waals surface area contributed by atoms with E-state index in [-0.39, 0.29) is 11.3 Å². The van der Waals surface area contributed by atoms with Crippen molar-refractivity contribution in [2.45, 2.75) is 19.8 Å². The summed E-state index contributed by atoms with van der Waals surface area (Å²) >= 11 is 0. The third-order valence-electron chi connectivity index (χ3n) is 1.63. The Morgan fingerprint density at radius 2 is 2.08 bits per heavy atom. The predicted octanol–water partition coefficient (Wildman–Crippen LogP) is 1.98. The Bertz CT molecular complexity index is 279. The summed E-state index contributed by atoms with van der Waals surface area (Å²) in [5.41, 5.74) is -0.234. The SMILES string of the molecule is Cc1cc(C(F)(F)CO)c(C)o1. The zero-order valence-corrected chi connectivity index (χ0v) is 6.90. The Balaban J connectivity index is 3.09. The van der Waals surface area contributed by atoms with Crippen LogP contribution >= 0.6 is 0 Å². The van der Waals surface area contributed by atoms with Gasteiger partial charge in [0.15, 0.2) is 0 Å². The van der Waals surface area contributed by atoms with E-state index in [0.717, 1.165) is 0 Å². The molecular weight excluding hydrogens is 166 g/mol. The fraction of sp³-hybridized carbons (Fsp3) is 0.500. The Kier molecular flexibility index (Phi) is 2.19. The van der Waals surface area contributed by atoms with Gasteiger partial charge >= 0.3 is 0 Å². The van der Waals surface area contributed by atoms with E-state index in [1.165, 1.54) is 13.0 Å². The minimum absolute atomic E-state index is 0.159. The molecular formula is C8H10F2O2. The number of aryl methyl sites for hydroxylation is 2. The highest BCUT2D eigenvalue weighted by molar-refractivity contribution is 5.25. The second-order valence-electron chi connectivity index (χ2n) is 2.69. The molecule has 0 bridgehead atoms. The molecule has 0 amide bonds. The first-order valence-electron chi connectivity index (χ1n) is 3.53. The molecule has 0 radical (unpaired) electrons. The van der Waals surface area contributed by atoms with Crippen molar-refractivity contribution in [3.63, 3.8) is 0 Å². The fourth-order valence-corrected chi connectivity index (χ4v) is 1.08. The first-order chi connectivity index (χ1) is 5.47. The summed E-state index contributed by atoms with van der Waals surface area (Å²) in [4.78, 5) is 0. The van der Waals surface area contributed by atoms with Crippen LogP contribution in [0.1, 0.15) is 17.1 Å². The lowest BCUT2D eigenvalue weighted by molar-refractivity contribution is -0.0566. The van der Waals surface area contributed by atoms with Crippen LogP contribution in [0.25, 0.3) is 0 Å². The van der Waals surface area contributed by atoms with E-state index in [4.69, 9.17) is 9.52 Å². The Morgan fingerprint density at radius 1 is 1.50 bits per heavy atom. The summed E-state index contributed by atoms with van der Waals surface area (Å²) in [6.45, 7) is 1.85. The van der Waals surface area contributed by atoms with E-state index in [2.05, 4.69) is 0 Å². The molecule has 1 aromatic rings. The lowest BCUT2D eigenvalue weighted by atomic mass is 10.1. The molecule has 68 valence electrons. The second-order valence-corrected chi connectivity index (χ2v) is 2.69. The van der Waals surface area contributed by atoms with Crippen molar-refractivity contribution in [2.75, 3.05) is 6.61 Å². The topological polar surface area (TPSA) is 33.4 Å². The van der Waals surface area contributed by atoms with Crippen LogP contribution in [0.2, 0.25) is 0 Å². The summed E-state index contributed by atoms with van der Waals surface area (Å²) in [5.74, 6) is -2.61. The van der Waals surface area contributed by atoms with Gasteiger partial charge < -0.3 is 9.52 Å².